The quantitative estimate of drug-likeness (QED) is 0.615. The second-order valence-corrected chi connectivity index (χ2v) is 9.21. The van der Waals surface area contributed by atoms with Gasteiger partial charge in [-0.3, -0.25) is 19.1 Å². The molecule has 0 saturated heterocycles. The Morgan fingerprint density at radius 2 is 1.65 bits per heavy atom. The monoisotopic (exact) mass is 453 g/mol. The van der Waals surface area contributed by atoms with Crippen molar-refractivity contribution in [3.8, 4) is 0 Å². The van der Waals surface area contributed by atoms with Gasteiger partial charge in [0.15, 0.2) is 0 Å². The second-order valence-electron chi connectivity index (χ2n) is 7.21. The first-order valence-corrected chi connectivity index (χ1v) is 11.0. The van der Waals surface area contributed by atoms with E-state index in [1.54, 1.807) is 26.0 Å². The van der Waals surface area contributed by atoms with Gasteiger partial charge in [0.2, 0.25) is 5.91 Å². The number of fused-ring (bicyclic) bond motifs is 1. The van der Waals surface area contributed by atoms with Crippen LogP contribution in [0, 0.1) is 5.92 Å². The lowest BCUT2D eigenvalue weighted by Gasteiger charge is -2.17. The van der Waals surface area contributed by atoms with Crippen LogP contribution in [0.15, 0.2) is 28.6 Å². The summed E-state index contributed by atoms with van der Waals surface area (Å²) < 4.78 is 23.3. The first kappa shape index (κ1) is 24.0. The summed E-state index contributed by atoms with van der Waals surface area (Å²) in [5, 5.41) is 0.370. The number of nitrogens with one attached hydrogen (secondary N) is 1. The van der Waals surface area contributed by atoms with Crippen LogP contribution in [-0.2, 0) is 29.1 Å². The minimum atomic E-state index is -3.57. The van der Waals surface area contributed by atoms with E-state index in [-0.39, 0.29) is 23.3 Å². The summed E-state index contributed by atoms with van der Waals surface area (Å²) in [6.07, 6.45) is -1.99. The SMILES string of the molecule is CC(=O)NS(=O)(C[C@@H](C)CC(=O)ON1C(=O)c2ccccc2C1=O)=NC(=O)OC(C)C. The third-order valence-corrected chi connectivity index (χ3v) is 5.91. The molecular formula is C19H23N3O8S. The highest BCUT2D eigenvalue weighted by Crippen LogP contribution is 2.23. The van der Waals surface area contributed by atoms with Crippen molar-refractivity contribution in [2.24, 2.45) is 10.3 Å². The Labute approximate surface area is 179 Å². The molecule has 0 spiro atoms. The molecule has 4 amide bonds. The Bertz CT molecular complexity index is 1010. The zero-order valence-electron chi connectivity index (χ0n) is 17.4. The van der Waals surface area contributed by atoms with E-state index in [4.69, 9.17) is 9.57 Å². The fourth-order valence-corrected chi connectivity index (χ4v) is 4.61. The van der Waals surface area contributed by atoms with Crippen molar-refractivity contribution in [1.82, 2.24) is 9.79 Å². The highest BCUT2D eigenvalue weighted by Gasteiger charge is 2.38. The number of hydrogen-bond acceptors (Lipinski definition) is 8. The lowest BCUT2D eigenvalue weighted by Crippen LogP contribution is -2.36. The summed E-state index contributed by atoms with van der Waals surface area (Å²) in [5.74, 6) is -4.22. The number of ether oxygens (including phenoxy) is 1. The molecule has 0 fully saturated rings. The molecule has 0 radical (unpaired) electrons. The van der Waals surface area contributed by atoms with E-state index < -0.39 is 51.7 Å². The minimum Gasteiger partial charge on any atom is -0.445 e. The normalized spacial score (nSPS) is 15.7. The number of nitrogens with zero attached hydrogens (tertiary/aromatic N) is 2. The number of amides is 4. The van der Waals surface area contributed by atoms with Crippen LogP contribution >= 0.6 is 0 Å². The Hall–Kier alpha value is -3.28. The first-order valence-electron chi connectivity index (χ1n) is 9.34. The van der Waals surface area contributed by atoms with E-state index in [1.807, 2.05) is 0 Å². The van der Waals surface area contributed by atoms with Crippen molar-refractivity contribution in [3.05, 3.63) is 35.4 Å². The fourth-order valence-electron chi connectivity index (χ4n) is 2.79. The van der Waals surface area contributed by atoms with Crippen LogP contribution in [0.1, 0.15) is 54.8 Å². The van der Waals surface area contributed by atoms with Crippen LogP contribution in [-0.4, -0.2) is 50.9 Å². The van der Waals surface area contributed by atoms with Crippen LogP contribution in [0.2, 0.25) is 0 Å². The van der Waals surface area contributed by atoms with Gasteiger partial charge < -0.3 is 9.57 Å². The van der Waals surface area contributed by atoms with Crippen LogP contribution in [0.4, 0.5) is 4.79 Å². The van der Waals surface area contributed by atoms with Crippen molar-refractivity contribution in [2.45, 2.75) is 40.2 Å². The molecule has 1 unspecified atom stereocenters. The van der Waals surface area contributed by atoms with Gasteiger partial charge in [-0.15, -0.1) is 4.36 Å². The van der Waals surface area contributed by atoms with Crippen LogP contribution in [0.5, 0.6) is 0 Å². The zero-order valence-corrected chi connectivity index (χ0v) is 18.3. The Balaban J connectivity index is 2.06. The number of benzene rings is 1. The molecule has 1 heterocycles. The van der Waals surface area contributed by atoms with Gasteiger partial charge in [-0.2, -0.15) is 0 Å². The van der Waals surface area contributed by atoms with E-state index in [2.05, 4.69) is 9.08 Å². The maximum atomic E-state index is 12.9. The van der Waals surface area contributed by atoms with Gasteiger partial charge in [-0.25, -0.2) is 13.8 Å². The Morgan fingerprint density at radius 1 is 1.10 bits per heavy atom. The molecule has 11 nitrogen and oxygen atoms in total. The lowest BCUT2D eigenvalue weighted by molar-refractivity contribution is -0.169. The van der Waals surface area contributed by atoms with Gasteiger partial charge in [0.25, 0.3) is 11.8 Å². The molecular weight excluding hydrogens is 430 g/mol. The third-order valence-electron chi connectivity index (χ3n) is 3.84. The molecule has 31 heavy (non-hydrogen) atoms. The van der Waals surface area contributed by atoms with Crippen molar-refractivity contribution in [2.75, 3.05) is 5.75 Å². The number of imide groups is 1. The van der Waals surface area contributed by atoms with Crippen LogP contribution in [0.25, 0.3) is 0 Å². The summed E-state index contributed by atoms with van der Waals surface area (Å²) in [4.78, 5) is 64.9. The highest BCUT2D eigenvalue weighted by atomic mass is 32.2. The molecule has 1 aromatic rings. The smallest absolute Gasteiger partial charge is 0.443 e. The average Bonchev–Trinajstić information content (AvgIpc) is 2.84. The van der Waals surface area contributed by atoms with E-state index in [0.717, 1.165) is 6.92 Å². The van der Waals surface area contributed by atoms with Crippen molar-refractivity contribution in [1.29, 1.82) is 0 Å². The molecule has 12 heteroatoms. The van der Waals surface area contributed by atoms with E-state index in [9.17, 15) is 28.2 Å². The summed E-state index contributed by atoms with van der Waals surface area (Å²) in [5.41, 5.74) is 0.231. The molecule has 1 aliphatic heterocycles. The van der Waals surface area contributed by atoms with Gasteiger partial charge in [0, 0.05) is 6.92 Å². The molecule has 0 aromatic heterocycles. The predicted molar refractivity (Wildman–Crippen MR) is 108 cm³/mol. The van der Waals surface area contributed by atoms with Crippen molar-refractivity contribution >= 4 is 39.7 Å². The molecule has 2 atom stereocenters. The summed E-state index contributed by atoms with van der Waals surface area (Å²) >= 11 is 0. The van der Waals surface area contributed by atoms with E-state index in [0.29, 0.717) is 5.06 Å². The number of carbonyl (C=O) groups excluding carboxylic acids is 5. The van der Waals surface area contributed by atoms with E-state index >= 15 is 0 Å². The molecule has 1 aliphatic rings. The molecule has 1 aromatic carbocycles. The Kier molecular flexibility index (Phi) is 7.50. The molecule has 2 rings (SSSR count). The number of carbonyl (C=O) groups is 5. The van der Waals surface area contributed by atoms with Crippen LogP contribution in [0.3, 0.4) is 0 Å². The lowest BCUT2D eigenvalue weighted by atomic mass is 10.1. The summed E-state index contributed by atoms with van der Waals surface area (Å²) in [6, 6.07) is 6.02. The fraction of sp³-hybridized carbons (Fsp3) is 0.421. The van der Waals surface area contributed by atoms with Crippen LogP contribution < -0.4 is 4.72 Å². The maximum absolute atomic E-state index is 12.9. The molecule has 0 saturated carbocycles. The van der Waals surface area contributed by atoms with Gasteiger partial charge in [0.1, 0.15) is 9.92 Å². The standard InChI is InChI=1S/C19H23N3O8S/c1-11(2)29-19(27)21-31(28,20-13(4)23)10-12(3)9-16(24)30-22-17(25)14-7-5-6-8-15(14)18(22)26/h5-8,11-12H,9-10H2,1-4H3,(H,20,21,23,27,28)/t12-,31?/m0/s1. The number of hydroxylamine groups is 2. The third kappa shape index (κ3) is 6.35. The molecule has 0 bridgehead atoms. The maximum Gasteiger partial charge on any atom is 0.443 e. The minimum absolute atomic E-state index is 0.115. The zero-order chi connectivity index (χ0) is 23.3. The topological polar surface area (TPSA) is 149 Å². The number of hydrogen-bond donors (Lipinski definition) is 1. The largest absolute Gasteiger partial charge is 0.445 e. The first-order chi connectivity index (χ1) is 14.4. The average molecular weight is 453 g/mol. The highest BCUT2D eigenvalue weighted by molar-refractivity contribution is 7.92. The van der Waals surface area contributed by atoms with E-state index in [1.165, 1.54) is 19.1 Å². The molecule has 168 valence electrons. The second kappa shape index (κ2) is 9.69. The predicted octanol–water partition coefficient (Wildman–Crippen LogP) is 1.83. The van der Waals surface area contributed by atoms with Gasteiger partial charge >= 0.3 is 12.1 Å². The molecule has 1 N–H and O–H groups in total. The summed E-state index contributed by atoms with van der Waals surface area (Å²) in [7, 11) is -3.57. The Morgan fingerprint density at radius 3 is 2.13 bits per heavy atom. The number of rotatable bonds is 7. The molecule has 0 aliphatic carbocycles. The van der Waals surface area contributed by atoms with Gasteiger partial charge in [-0.1, -0.05) is 24.1 Å². The van der Waals surface area contributed by atoms with Crippen molar-refractivity contribution in [3.63, 3.8) is 0 Å². The summed E-state index contributed by atoms with van der Waals surface area (Å²) in [6.45, 7) is 5.76. The van der Waals surface area contributed by atoms with Crippen molar-refractivity contribution < 1.29 is 37.8 Å². The van der Waals surface area contributed by atoms with Gasteiger partial charge in [0.05, 0.1) is 29.4 Å². The van der Waals surface area contributed by atoms with Gasteiger partial charge in [-0.05, 0) is 31.9 Å².